The molecule has 244 valence electrons. The van der Waals surface area contributed by atoms with Crippen LogP contribution in [-0.2, 0) is 22.5 Å². The van der Waals surface area contributed by atoms with Crippen LogP contribution >= 0.6 is 0 Å². The third-order valence-electron chi connectivity index (χ3n) is 7.36. The molecule has 4 rings (SSSR count). The molecule has 0 fully saturated rings. The fraction of sp³-hybridized carbons (Fsp3) is 0.395. The molecule has 4 aromatic rings. The number of carbonyl (C=O) groups excluding carboxylic acids is 1. The van der Waals surface area contributed by atoms with E-state index in [1.165, 1.54) is 25.7 Å². The Hall–Kier alpha value is -4.27. The van der Waals surface area contributed by atoms with Crippen molar-refractivity contribution in [3.63, 3.8) is 0 Å². The highest BCUT2D eigenvalue weighted by molar-refractivity contribution is 5.68. The Bertz CT molecular complexity index is 1450. The number of aromatic nitrogens is 2. The van der Waals surface area contributed by atoms with Gasteiger partial charge >= 0.3 is 6.09 Å². The molecule has 0 aliphatic heterocycles. The maximum Gasteiger partial charge on any atom is 0.407 e. The maximum absolute atomic E-state index is 12.6. The third kappa shape index (κ3) is 11.6. The summed E-state index contributed by atoms with van der Waals surface area (Å²) in [4.78, 5) is 21.8. The van der Waals surface area contributed by atoms with E-state index < -0.39 is 24.0 Å². The van der Waals surface area contributed by atoms with Crippen molar-refractivity contribution in [2.75, 3.05) is 6.61 Å². The summed E-state index contributed by atoms with van der Waals surface area (Å²) in [6.07, 6.45) is 8.18. The van der Waals surface area contributed by atoms with E-state index in [4.69, 9.17) is 14.2 Å². The highest BCUT2D eigenvalue weighted by Crippen LogP contribution is 2.24. The molecule has 46 heavy (non-hydrogen) atoms. The Morgan fingerprint density at radius 3 is 2.11 bits per heavy atom. The monoisotopic (exact) mass is 625 g/mol. The summed E-state index contributed by atoms with van der Waals surface area (Å²) in [7, 11) is 0. The summed E-state index contributed by atoms with van der Waals surface area (Å²) in [6.45, 7) is 8.63. The minimum atomic E-state index is -1.24. The van der Waals surface area contributed by atoms with E-state index in [9.17, 15) is 9.90 Å². The summed E-state index contributed by atoms with van der Waals surface area (Å²) >= 11 is 0. The van der Waals surface area contributed by atoms with Crippen molar-refractivity contribution in [1.82, 2.24) is 15.3 Å². The Morgan fingerprint density at radius 1 is 0.804 bits per heavy atom. The van der Waals surface area contributed by atoms with Gasteiger partial charge in [0, 0.05) is 23.5 Å². The number of nitrogens with one attached hydrogen (secondary N) is 1. The molecule has 1 amide bonds. The average Bonchev–Trinajstić information content (AvgIpc) is 3.05. The number of unbranched alkanes of at least 4 members (excludes halogenated alkanes) is 4. The quantitative estimate of drug-likeness (QED) is 0.0957. The molecule has 0 aliphatic rings. The van der Waals surface area contributed by atoms with Gasteiger partial charge in [-0.3, -0.25) is 0 Å². The van der Waals surface area contributed by atoms with E-state index in [2.05, 4.69) is 22.2 Å². The predicted octanol–water partition coefficient (Wildman–Crippen LogP) is 8.13. The zero-order valence-electron chi connectivity index (χ0n) is 27.4. The second kappa shape index (κ2) is 17.4. The first-order valence-corrected chi connectivity index (χ1v) is 16.2. The van der Waals surface area contributed by atoms with Crippen LogP contribution in [-0.4, -0.2) is 45.7 Å². The van der Waals surface area contributed by atoms with Crippen molar-refractivity contribution < 1.29 is 24.1 Å². The number of rotatable bonds is 16. The zero-order chi connectivity index (χ0) is 32.8. The van der Waals surface area contributed by atoms with Gasteiger partial charge in [-0.1, -0.05) is 99.3 Å². The number of hydrogen-bond acceptors (Lipinski definition) is 7. The number of amides is 1. The molecule has 0 aliphatic carbocycles. The Labute approximate surface area is 273 Å². The lowest BCUT2D eigenvalue weighted by Gasteiger charge is -2.30. The molecule has 8 heteroatoms. The van der Waals surface area contributed by atoms with Gasteiger partial charge in [0.2, 0.25) is 0 Å². The molecule has 0 radical (unpaired) electrons. The van der Waals surface area contributed by atoms with Gasteiger partial charge in [-0.05, 0) is 62.4 Å². The SMILES string of the molecule is CCCCCCCOc1ccc(-c2cnc(-c3ccc(C[C@H](NC(=O)OCc4ccccc4)C(O)OC(C)(C)C)cc3)nc2)cc1. The number of alkyl carbamates (subject to hydrolysis) is 1. The lowest BCUT2D eigenvalue weighted by Crippen LogP contribution is -2.48. The summed E-state index contributed by atoms with van der Waals surface area (Å²) in [6, 6.07) is 24.5. The van der Waals surface area contributed by atoms with Crippen molar-refractivity contribution >= 4 is 6.09 Å². The fourth-order valence-electron chi connectivity index (χ4n) is 4.89. The Morgan fingerprint density at radius 2 is 1.46 bits per heavy atom. The molecule has 1 heterocycles. The molecular formula is C38H47N3O5. The van der Waals surface area contributed by atoms with Crippen molar-refractivity contribution in [2.45, 2.75) is 90.8 Å². The van der Waals surface area contributed by atoms with Crippen LogP contribution in [0.4, 0.5) is 4.79 Å². The molecule has 0 spiro atoms. The minimum absolute atomic E-state index is 0.127. The summed E-state index contributed by atoms with van der Waals surface area (Å²) in [5.41, 5.74) is 3.97. The van der Waals surface area contributed by atoms with Gasteiger partial charge in [-0.2, -0.15) is 0 Å². The molecule has 2 atom stereocenters. The smallest absolute Gasteiger partial charge is 0.407 e. The lowest BCUT2D eigenvalue weighted by atomic mass is 10.0. The molecule has 0 saturated carbocycles. The van der Waals surface area contributed by atoms with Crippen LogP contribution < -0.4 is 10.1 Å². The van der Waals surface area contributed by atoms with Crippen LogP contribution in [0, 0.1) is 0 Å². The summed E-state index contributed by atoms with van der Waals surface area (Å²) in [5, 5.41) is 13.6. The van der Waals surface area contributed by atoms with Crippen LogP contribution in [0.3, 0.4) is 0 Å². The third-order valence-corrected chi connectivity index (χ3v) is 7.36. The molecule has 1 unspecified atom stereocenters. The van der Waals surface area contributed by atoms with Crippen molar-refractivity contribution in [3.05, 3.63) is 102 Å². The van der Waals surface area contributed by atoms with E-state index in [1.807, 2.05) is 112 Å². The molecule has 3 aromatic carbocycles. The van der Waals surface area contributed by atoms with E-state index in [1.54, 1.807) is 0 Å². The van der Waals surface area contributed by atoms with Crippen LogP contribution in [0.5, 0.6) is 5.75 Å². The van der Waals surface area contributed by atoms with Gasteiger partial charge in [-0.15, -0.1) is 0 Å². The Kier molecular flexibility index (Phi) is 13.1. The number of nitrogens with zero attached hydrogens (tertiary/aromatic N) is 2. The first-order chi connectivity index (χ1) is 22.2. The average molecular weight is 626 g/mol. The largest absolute Gasteiger partial charge is 0.494 e. The van der Waals surface area contributed by atoms with E-state index in [-0.39, 0.29) is 6.61 Å². The summed E-state index contributed by atoms with van der Waals surface area (Å²) in [5.74, 6) is 1.48. The number of aliphatic hydroxyl groups excluding tert-OH is 1. The number of carbonyl (C=O) groups is 1. The zero-order valence-corrected chi connectivity index (χ0v) is 27.4. The van der Waals surface area contributed by atoms with Crippen molar-refractivity contribution in [3.8, 4) is 28.3 Å². The maximum atomic E-state index is 12.6. The van der Waals surface area contributed by atoms with Crippen LogP contribution in [0.15, 0.2) is 91.3 Å². The normalized spacial score (nSPS) is 12.7. The van der Waals surface area contributed by atoms with Crippen molar-refractivity contribution in [2.24, 2.45) is 0 Å². The van der Waals surface area contributed by atoms with Gasteiger partial charge < -0.3 is 24.6 Å². The number of aliphatic hydroxyl groups is 1. The van der Waals surface area contributed by atoms with Gasteiger partial charge in [0.25, 0.3) is 0 Å². The first kappa shape index (κ1) is 34.6. The first-order valence-electron chi connectivity index (χ1n) is 16.2. The molecular weight excluding hydrogens is 578 g/mol. The minimum Gasteiger partial charge on any atom is -0.494 e. The highest BCUT2D eigenvalue weighted by atomic mass is 16.6. The highest BCUT2D eigenvalue weighted by Gasteiger charge is 2.27. The second-order valence-electron chi connectivity index (χ2n) is 12.4. The number of hydrogen-bond donors (Lipinski definition) is 2. The molecule has 0 bridgehead atoms. The number of benzene rings is 3. The molecule has 2 N–H and O–H groups in total. The lowest BCUT2D eigenvalue weighted by molar-refractivity contribution is -0.179. The molecule has 8 nitrogen and oxygen atoms in total. The van der Waals surface area contributed by atoms with Crippen LogP contribution in [0.1, 0.15) is 70.9 Å². The standard InChI is InChI=1S/C38H47N3O5/c1-5-6-7-8-12-23-44-33-21-19-30(20-22-33)32-25-39-35(40-26-32)31-17-15-28(16-18-31)24-34(36(42)46-38(2,3)4)41-37(43)45-27-29-13-10-9-11-14-29/h9-11,13-22,25-26,34,36,42H,5-8,12,23-24,27H2,1-4H3,(H,41,43)/t34-,36?/m0/s1. The predicted molar refractivity (Wildman–Crippen MR) is 181 cm³/mol. The van der Waals surface area contributed by atoms with Gasteiger partial charge in [-0.25, -0.2) is 14.8 Å². The topological polar surface area (TPSA) is 103 Å². The van der Waals surface area contributed by atoms with E-state index >= 15 is 0 Å². The van der Waals surface area contributed by atoms with Crippen molar-refractivity contribution in [1.29, 1.82) is 0 Å². The van der Waals surface area contributed by atoms with Gasteiger partial charge in [0.05, 0.1) is 18.2 Å². The van der Waals surface area contributed by atoms with Crippen LogP contribution in [0.2, 0.25) is 0 Å². The Balaban J connectivity index is 1.34. The molecule has 1 aromatic heterocycles. The van der Waals surface area contributed by atoms with Crippen LogP contribution in [0.25, 0.3) is 22.5 Å². The molecule has 0 saturated heterocycles. The van der Waals surface area contributed by atoms with E-state index in [0.717, 1.165) is 46.6 Å². The van der Waals surface area contributed by atoms with Gasteiger partial charge in [0.15, 0.2) is 12.1 Å². The summed E-state index contributed by atoms with van der Waals surface area (Å²) < 4.78 is 17.1. The second-order valence-corrected chi connectivity index (χ2v) is 12.4. The fourth-order valence-corrected chi connectivity index (χ4v) is 4.89. The number of ether oxygens (including phenoxy) is 3. The van der Waals surface area contributed by atoms with Gasteiger partial charge in [0.1, 0.15) is 12.4 Å². The van der Waals surface area contributed by atoms with E-state index in [0.29, 0.717) is 12.2 Å².